The van der Waals surface area contributed by atoms with Gasteiger partial charge in [-0.2, -0.15) is 0 Å². The van der Waals surface area contributed by atoms with Gasteiger partial charge < -0.3 is 9.84 Å². The fraction of sp³-hybridized carbons (Fsp3) is 0.762. The van der Waals surface area contributed by atoms with E-state index in [9.17, 15) is 14.7 Å². The fourth-order valence-corrected chi connectivity index (χ4v) is 7.83. The topological polar surface area (TPSA) is 63.6 Å². The molecule has 6 rings (SSSR count). The van der Waals surface area contributed by atoms with Crippen molar-refractivity contribution in [1.29, 1.82) is 0 Å². The van der Waals surface area contributed by atoms with Crippen molar-refractivity contribution < 1.29 is 19.4 Å². The van der Waals surface area contributed by atoms with Crippen molar-refractivity contribution in [3.05, 3.63) is 17.3 Å². The Morgan fingerprint density at radius 2 is 1.92 bits per heavy atom. The van der Waals surface area contributed by atoms with Crippen LogP contribution in [-0.2, 0) is 14.3 Å². The van der Waals surface area contributed by atoms with Gasteiger partial charge in [0.15, 0.2) is 5.76 Å². The number of fused-ring (bicyclic) bond motifs is 1. The maximum absolute atomic E-state index is 13.4. The van der Waals surface area contributed by atoms with Crippen LogP contribution >= 0.6 is 0 Å². The van der Waals surface area contributed by atoms with Gasteiger partial charge in [0.25, 0.3) is 0 Å². The van der Waals surface area contributed by atoms with Crippen molar-refractivity contribution in [3.63, 3.8) is 0 Å². The maximum Gasteiger partial charge on any atom is 0.315 e. The Balaban J connectivity index is 1.72. The van der Waals surface area contributed by atoms with Crippen molar-refractivity contribution in [2.24, 2.45) is 33.5 Å². The molecule has 0 aliphatic heterocycles. The van der Waals surface area contributed by atoms with Crippen LogP contribution in [0.1, 0.15) is 59.3 Å². The molecule has 6 aliphatic carbocycles. The molecular formula is C21H27O4. The summed E-state index contributed by atoms with van der Waals surface area (Å²) in [6.45, 7) is 6.33. The molecule has 0 aromatic carbocycles. The third kappa shape index (κ3) is 1.45. The van der Waals surface area contributed by atoms with Gasteiger partial charge in [-0.3, -0.25) is 9.59 Å². The highest BCUT2D eigenvalue weighted by molar-refractivity contribution is 6.04. The number of carbonyl (C=O) groups is 2. The summed E-state index contributed by atoms with van der Waals surface area (Å²) >= 11 is 0. The van der Waals surface area contributed by atoms with Gasteiger partial charge in [-0.05, 0) is 61.9 Å². The third-order valence-corrected chi connectivity index (χ3v) is 8.97. The Morgan fingerprint density at radius 3 is 2.52 bits per heavy atom. The van der Waals surface area contributed by atoms with E-state index >= 15 is 0 Å². The molecule has 5 saturated carbocycles. The summed E-state index contributed by atoms with van der Waals surface area (Å²) in [5.74, 6) is 2.10. The summed E-state index contributed by atoms with van der Waals surface area (Å²) < 4.78 is 5.08. The van der Waals surface area contributed by atoms with Gasteiger partial charge in [-0.25, -0.2) is 0 Å². The standard InChI is InChI=1S/C21H27O4/c1-18-6-5-7-19(2,17(24)25-4)15(18)14(22)16(23)21-9-12-11(8-13(18)21)20(12,3)10-21/h11-12,22H,5-10H2,1-4H3/t11-,12?,18+,19-,20-,21-/m1/s1. The molecule has 1 radical (unpaired) electrons. The molecule has 1 unspecified atom stereocenters. The lowest BCUT2D eigenvalue weighted by molar-refractivity contribution is -0.153. The highest BCUT2D eigenvalue weighted by atomic mass is 16.5. The van der Waals surface area contributed by atoms with Crippen LogP contribution in [0.3, 0.4) is 0 Å². The number of aliphatic hydroxyl groups excluding tert-OH is 1. The van der Waals surface area contributed by atoms with E-state index in [0.717, 1.165) is 32.1 Å². The number of ether oxygens (including phenoxy) is 1. The molecule has 5 fully saturated rings. The molecule has 0 saturated heterocycles. The number of rotatable bonds is 1. The van der Waals surface area contributed by atoms with E-state index in [4.69, 9.17) is 4.74 Å². The van der Waals surface area contributed by atoms with Crippen molar-refractivity contribution in [1.82, 2.24) is 0 Å². The molecule has 4 bridgehead atoms. The lowest BCUT2D eigenvalue weighted by Crippen LogP contribution is -2.58. The second-order valence-corrected chi connectivity index (χ2v) is 9.93. The average Bonchev–Trinajstić information content (AvgIpc) is 3.02. The predicted molar refractivity (Wildman–Crippen MR) is 91.4 cm³/mol. The molecule has 135 valence electrons. The van der Waals surface area contributed by atoms with Crippen LogP contribution in [0.4, 0.5) is 0 Å². The van der Waals surface area contributed by atoms with E-state index in [2.05, 4.69) is 13.8 Å². The summed E-state index contributed by atoms with van der Waals surface area (Å²) in [4.78, 5) is 26.0. The van der Waals surface area contributed by atoms with E-state index in [0.29, 0.717) is 29.2 Å². The predicted octanol–water partition coefficient (Wildman–Crippen LogP) is 3.76. The lowest BCUT2D eigenvalue weighted by Gasteiger charge is -2.60. The number of hydrogen-bond acceptors (Lipinski definition) is 4. The molecule has 4 nitrogen and oxygen atoms in total. The van der Waals surface area contributed by atoms with Gasteiger partial charge >= 0.3 is 5.97 Å². The van der Waals surface area contributed by atoms with Crippen LogP contribution < -0.4 is 0 Å². The van der Waals surface area contributed by atoms with E-state index in [1.165, 1.54) is 13.0 Å². The summed E-state index contributed by atoms with van der Waals surface area (Å²) in [6.07, 6.45) is 5.26. The number of aliphatic hydroxyl groups is 1. The number of allylic oxidation sites excluding steroid dienone is 1. The smallest absolute Gasteiger partial charge is 0.315 e. The molecule has 0 heterocycles. The molecular weight excluding hydrogens is 316 g/mol. The summed E-state index contributed by atoms with van der Waals surface area (Å²) in [5.41, 5.74) is -0.771. The number of carbonyl (C=O) groups excluding carboxylic acids is 2. The van der Waals surface area contributed by atoms with Crippen molar-refractivity contribution >= 4 is 11.8 Å². The molecule has 0 aromatic heterocycles. The van der Waals surface area contributed by atoms with Crippen molar-refractivity contribution in [2.45, 2.75) is 59.3 Å². The van der Waals surface area contributed by atoms with E-state index in [1.807, 2.05) is 6.92 Å². The second kappa shape index (κ2) is 4.15. The number of hydrogen-bond donors (Lipinski definition) is 1. The Bertz CT molecular complexity index is 753. The first-order valence-corrected chi connectivity index (χ1v) is 9.59. The molecule has 0 aromatic rings. The Labute approximate surface area is 149 Å². The first-order chi connectivity index (χ1) is 11.6. The molecule has 6 aliphatic rings. The largest absolute Gasteiger partial charge is 0.504 e. The minimum Gasteiger partial charge on any atom is -0.504 e. The highest BCUT2D eigenvalue weighted by Crippen LogP contribution is 2.85. The monoisotopic (exact) mass is 343 g/mol. The molecule has 1 N–H and O–H groups in total. The first-order valence-electron chi connectivity index (χ1n) is 9.59. The van der Waals surface area contributed by atoms with Crippen LogP contribution in [-0.4, -0.2) is 24.0 Å². The Hall–Kier alpha value is -1.32. The minimum absolute atomic E-state index is 0.112. The first kappa shape index (κ1) is 15.9. The number of methoxy groups -OCH3 is 1. The quantitative estimate of drug-likeness (QED) is 0.736. The summed E-state index contributed by atoms with van der Waals surface area (Å²) in [5, 5.41) is 11.1. The van der Waals surface area contributed by atoms with E-state index < -0.39 is 10.8 Å². The van der Waals surface area contributed by atoms with Crippen LogP contribution in [0.2, 0.25) is 0 Å². The minimum atomic E-state index is -0.899. The van der Waals surface area contributed by atoms with Gasteiger partial charge in [0, 0.05) is 16.7 Å². The fourth-order valence-electron chi connectivity index (χ4n) is 7.83. The lowest BCUT2D eigenvalue weighted by atomic mass is 9.42. The van der Waals surface area contributed by atoms with Gasteiger partial charge in [0.2, 0.25) is 5.78 Å². The SMILES string of the molecule is COC(=O)[C@]1(C)CCC[C@@]2(C)[C]3C[C@@H]4C5C[C@]3(C[C@@]54C)C(=O)C(O)=C12. The van der Waals surface area contributed by atoms with E-state index in [-0.39, 0.29) is 22.9 Å². The molecule has 25 heavy (non-hydrogen) atoms. The number of esters is 1. The maximum atomic E-state index is 13.4. The Morgan fingerprint density at radius 1 is 1.20 bits per heavy atom. The number of Topliss-reactive ketones (excluding diaryl/α,β-unsaturated/α-hetero) is 1. The Kier molecular flexibility index (Phi) is 2.64. The van der Waals surface area contributed by atoms with Gasteiger partial charge in [0.1, 0.15) is 0 Å². The van der Waals surface area contributed by atoms with Gasteiger partial charge in [-0.1, -0.05) is 20.3 Å². The zero-order valence-electron chi connectivity index (χ0n) is 15.6. The second-order valence-electron chi connectivity index (χ2n) is 9.93. The normalized spacial score (nSPS) is 53.4. The summed E-state index contributed by atoms with van der Waals surface area (Å²) in [7, 11) is 1.39. The summed E-state index contributed by atoms with van der Waals surface area (Å²) in [6, 6.07) is 0. The highest BCUT2D eigenvalue weighted by Gasteiger charge is 2.81. The van der Waals surface area contributed by atoms with Crippen molar-refractivity contribution in [2.75, 3.05) is 7.11 Å². The van der Waals surface area contributed by atoms with Gasteiger partial charge in [0.05, 0.1) is 12.5 Å². The molecule has 4 heteroatoms. The van der Waals surface area contributed by atoms with Crippen molar-refractivity contribution in [3.8, 4) is 0 Å². The molecule has 0 amide bonds. The zero-order chi connectivity index (χ0) is 18.0. The van der Waals surface area contributed by atoms with Crippen LogP contribution in [0.25, 0.3) is 0 Å². The van der Waals surface area contributed by atoms with Crippen LogP contribution in [0.5, 0.6) is 0 Å². The molecule has 6 atom stereocenters. The number of ketones is 1. The average molecular weight is 343 g/mol. The van der Waals surface area contributed by atoms with Crippen LogP contribution in [0.15, 0.2) is 11.3 Å². The van der Waals surface area contributed by atoms with E-state index in [1.54, 1.807) is 0 Å². The third-order valence-electron chi connectivity index (χ3n) is 8.97. The molecule has 1 spiro atoms. The zero-order valence-corrected chi connectivity index (χ0v) is 15.6. The van der Waals surface area contributed by atoms with Crippen LogP contribution in [0, 0.1) is 39.4 Å². The van der Waals surface area contributed by atoms with Gasteiger partial charge in [-0.15, -0.1) is 0 Å².